The lowest BCUT2D eigenvalue weighted by atomic mass is 10.0. The summed E-state index contributed by atoms with van der Waals surface area (Å²) >= 11 is 0. The van der Waals surface area contributed by atoms with E-state index < -0.39 is 22.2 Å². The number of sulfonamides is 1. The van der Waals surface area contributed by atoms with Crippen molar-refractivity contribution < 1.29 is 17.9 Å². The topological polar surface area (TPSA) is 75.7 Å². The number of nitrogens with one attached hydrogen (secondary N) is 1. The Kier molecular flexibility index (Phi) is 8.62. The van der Waals surface area contributed by atoms with E-state index in [4.69, 9.17) is 4.74 Å². The molecule has 7 heteroatoms. The van der Waals surface area contributed by atoms with Crippen LogP contribution in [0.2, 0.25) is 0 Å². The zero-order chi connectivity index (χ0) is 22.1. The highest BCUT2D eigenvalue weighted by Gasteiger charge is 2.28. The van der Waals surface area contributed by atoms with Crippen molar-refractivity contribution in [3.63, 3.8) is 0 Å². The number of carbonyl (C=O) groups is 1. The van der Waals surface area contributed by atoms with E-state index in [0.29, 0.717) is 0 Å². The summed E-state index contributed by atoms with van der Waals surface area (Å²) < 4.78 is 32.9. The first-order chi connectivity index (χ1) is 14.2. The van der Waals surface area contributed by atoms with E-state index in [9.17, 15) is 13.2 Å². The monoisotopic (exact) mass is 430 g/mol. The van der Waals surface area contributed by atoms with Gasteiger partial charge in [-0.3, -0.25) is 0 Å². The normalized spacial score (nSPS) is 12.6. The van der Waals surface area contributed by atoms with Crippen LogP contribution < -0.4 is 5.32 Å². The maximum absolute atomic E-state index is 13.1. The molecule has 0 radical (unpaired) electrons. The Morgan fingerprint density at radius 1 is 1.13 bits per heavy atom. The molecule has 0 fully saturated rings. The number of amides is 1. The van der Waals surface area contributed by atoms with E-state index in [2.05, 4.69) is 11.9 Å². The average Bonchev–Trinajstić information content (AvgIpc) is 2.72. The number of alkyl carbamates (subject to hydrolysis) is 1. The van der Waals surface area contributed by atoms with Gasteiger partial charge in [0, 0.05) is 19.1 Å². The molecule has 30 heavy (non-hydrogen) atoms. The van der Waals surface area contributed by atoms with Crippen molar-refractivity contribution in [1.29, 1.82) is 0 Å². The first-order valence-corrected chi connectivity index (χ1v) is 11.3. The summed E-state index contributed by atoms with van der Waals surface area (Å²) in [5, 5.41) is 2.81. The van der Waals surface area contributed by atoms with Gasteiger partial charge in [-0.2, -0.15) is 4.31 Å². The highest BCUT2D eigenvalue weighted by atomic mass is 32.2. The number of carbonyl (C=O) groups excluding carboxylic acids is 1. The van der Waals surface area contributed by atoms with Gasteiger partial charge in [0.1, 0.15) is 6.61 Å². The third-order valence-electron chi connectivity index (χ3n) is 4.71. The number of nitrogens with zero attached hydrogens (tertiary/aromatic N) is 1. The van der Waals surface area contributed by atoms with Crippen LogP contribution in [0, 0.1) is 12.8 Å². The van der Waals surface area contributed by atoms with Crippen LogP contribution in [0.4, 0.5) is 4.79 Å². The van der Waals surface area contributed by atoms with Crippen molar-refractivity contribution in [3.8, 4) is 0 Å². The molecule has 2 rings (SSSR count). The summed E-state index contributed by atoms with van der Waals surface area (Å²) in [6.45, 7) is 9.83. The fraction of sp³-hybridized carbons (Fsp3) is 0.348. The van der Waals surface area contributed by atoms with E-state index in [1.54, 1.807) is 24.3 Å². The zero-order valence-electron chi connectivity index (χ0n) is 17.7. The Balaban J connectivity index is 2.10. The Morgan fingerprint density at radius 3 is 2.33 bits per heavy atom. The number of ether oxygens (including phenoxy) is 1. The molecule has 0 heterocycles. The minimum Gasteiger partial charge on any atom is -0.445 e. The molecule has 0 aliphatic heterocycles. The second kappa shape index (κ2) is 10.9. The van der Waals surface area contributed by atoms with Gasteiger partial charge in [-0.25, -0.2) is 13.2 Å². The van der Waals surface area contributed by atoms with Crippen molar-refractivity contribution in [2.24, 2.45) is 5.92 Å². The van der Waals surface area contributed by atoms with E-state index >= 15 is 0 Å². The number of rotatable bonds is 10. The quantitative estimate of drug-likeness (QED) is 0.575. The molecule has 1 atom stereocenters. The van der Waals surface area contributed by atoms with E-state index in [1.165, 1.54) is 10.4 Å². The first-order valence-electron chi connectivity index (χ1n) is 9.89. The Hall–Kier alpha value is -2.64. The average molecular weight is 431 g/mol. The molecule has 0 bridgehead atoms. The molecule has 0 aliphatic carbocycles. The van der Waals surface area contributed by atoms with Crippen molar-refractivity contribution in [3.05, 3.63) is 78.4 Å². The molecule has 1 N–H and O–H groups in total. The molecule has 2 aromatic rings. The third-order valence-corrected chi connectivity index (χ3v) is 6.56. The fourth-order valence-electron chi connectivity index (χ4n) is 2.83. The second-order valence-corrected chi connectivity index (χ2v) is 9.42. The van der Waals surface area contributed by atoms with Crippen molar-refractivity contribution in [2.45, 2.75) is 38.3 Å². The fourth-order valence-corrected chi connectivity index (χ4v) is 4.27. The molecular weight excluding hydrogens is 400 g/mol. The van der Waals surface area contributed by atoms with Crippen molar-refractivity contribution >= 4 is 16.1 Å². The number of aryl methyl sites for hydroxylation is 1. The summed E-state index contributed by atoms with van der Waals surface area (Å²) in [7, 11) is -3.73. The van der Waals surface area contributed by atoms with E-state index in [0.717, 1.165) is 11.1 Å². The van der Waals surface area contributed by atoms with E-state index in [1.807, 2.05) is 51.1 Å². The Morgan fingerprint density at radius 2 is 1.77 bits per heavy atom. The summed E-state index contributed by atoms with van der Waals surface area (Å²) in [4.78, 5) is 12.5. The van der Waals surface area contributed by atoms with Crippen LogP contribution in [0.5, 0.6) is 0 Å². The van der Waals surface area contributed by atoms with Crippen molar-refractivity contribution in [2.75, 3.05) is 13.1 Å². The molecular formula is C23H30N2O4S. The first kappa shape index (κ1) is 23.6. The van der Waals surface area contributed by atoms with Gasteiger partial charge in [-0.15, -0.1) is 6.58 Å². The van der Waals surface area contributed by atoms with Gasteiger partial charge in [-0.05, 0) is 30.5 Å². The van der Waals surface area contributed by atoms with Gasteiger partial charge in [0.05, 0.1) is 4.90 Å². The SMILES string of the molecule is C=CCN(C[C@H](NC(=O)OCc1ccccc1)C(C)C)S(=O)(=O)c1ccc(C)cc1. The van der Waals surface area contributed by atoms with Crippen LogP contribution in [0.25, 0.3) is 0 Å². The summed E-state index contributed by atoms with van der Waals surface area (Å²) in [5.74, 6) is -0.00481. The molecule has 0 saturated carbocycles. The number of hydrogen-bond acceptors (Lipinski definition) is 4. The van der Waals surface area contributed by atoms with Crippen molar-refractivity contribution in [1.82, 2.24) is 9.62 Å². The van der Waals surface area contributed by atoms with Gasteiger partial charge < -0.3 is 10.1 Å². The predicted molar refractivity (Wildman–Crippen MR) is 119 cm³/mol. The molecule has 0 aromatic heterocycles. The molecule has 162 valence electrons. The molecule has 6 nitrogen and oxygen atoms in total. The Labute approximate surface area is 179 Å². The lowest BCUT2D eigenvalue weighted by Gasteiger charge is -2.29. The van der Waals surface area contributed by atoms with Gasteiger partial charge in [-0.1, -0.05) is 68.0 Å². The minimum absolute atomic E-state index is 0.00481. The lowest BCUT2D eigenvalue weighted by molar-refractivity contribution is 0.131. The highest BCUT2D eigenvalue weighted by molar-refractivity contribution is 7.89. The summed E-state index contributed by atoms with van der Waals surface area (Å²) in [6.07, 6.45) is 0.959. The molecule has 1 amide bonds. The van der Waals surface area contributed by atoms with Crippen LogP contribution >= 0.6 is 0 Å². The molecule has 0 aliphatic rings. The standard InChI is InChI=1S/C23H30N2O4S/c1-5-15-25(30(27,28)21-13-11-19(4)12-14-21)16-22(18(2)3)24-23(26)29-17-20-9-7-6-8-10-20/h5-14,18,22H,1,15-17H2,2-4H3,(H,24,26)/t22-/m0/s1. The summed E-state index contributed by atoms with van der Waals surface area (Å²) in [5.41, 5.74) is 1.86. The van der Waals surface area contributed by atoms with E-state index in [-0.39, 0.29) is 30.5 Å². The maximum Gasteiger partial charge on any atom is 0.407 e. The zero-order valence-corrected chi connectivity index (χ0v) is 18.6. The summed E-state index contributed by atoms with van der Waals surface area (Å²) in [6, 6.07) is 15.7. The maximum atomic E-state index is 13.1. The largest absolute Gasteiger partial charge is 0.445 e. The van der Waals surface area contributed by atoms with Crippen LogP contribution in [0.1, 0.15) is 25.0 Å². The molecule has 0 saturated heterocycles. The third kappa shape index (κ3) is 6.71. The molecule has 0 unspecified atom stereocenters. The lowest BCUT2D eigenvalue weighted by Crippen LogP contribution is -2.48. The van der Waals surface area contributed by atoms with Crippen LogP contribution in [-0.2, 0) is 21.4 Å². The van der Waals surface area contributed by atoms with Crippen LogP contribution in [0.15, 0.2) is 72.1 Å². The number of benzene rings is 2. The van der Waals surface area contributed by atoms with Gasteiger partial charge in [0.2, 0.25) is 10.0 Å². The van der Waals surface area contributed by atoms with Gasteiger partial charge >= 0.3 is 6.09 Å². The van der Waals surface area contributed by atoms with Crippen LogP contribution in [-0.4, -0.2) is 37.9 Å². The smallest absolute Gasteiger partial charge is 0.407 e. The highest BCUT2D eigenvalue weighted by Crippen LogP contribution is 2.18. The van der Waals surface area contributed by atoms with Gasteiger partial charge in [0.25, 0.3) is 0 Å². The number of hydrogen-bond donors (Lipinski definition) is 1. The van der Waals surface area contributed by atoms with Crippen LogP contribution in [0.3, 0.4) is 0 Å². The molecule has 2 aromatic carbocycles. The second-order valence-electron chi connectivity index (χ2n) is 7.48. The predicted octanol–water partition coefficient (Wildman–Crippen LogP) is 4.12. The Bertz CT molecular complexity index is 925. The minimum atomic E-state index is -3.73. The van der Waals surface area contributed by atoms with Gasteiger partial charge in [0.15, 0.2) is 0 Å². The molecule has 0 spiro atoms.